The summed E-state index contributed by atoms with van der Waals surface area (Å²) >= 11 is 4.95. The Kier molecular flexibility index (Phi) is 3.67. The molecule has 106 valence electrons. The zero-order valence-corrected chi connectivity index (χ0v) is 11.1. The number of nitrogens with zero attached hydrogens (tertiary/aromatic N) is 1. The van der Waals surface area contributed by atoms with Gasteiger partial charge in [-0.05, 0) is 18.2 Å². The largest absolute Gasteiger partial charge is 0.416 e. The molecule has 0 atom stereocenters. The summed E-state index contributed by atoms with van der Waals surface area (Å²) < 4.78 is 38.9. The predicted octanol–water partition coefficient (Wildman–Crippen LogP) is 2.96. The zero-order chi connectivity index (χ0) is 14.9. The molecule has 0 aliphatic heterocycles. The van der Waals surface area contributed by atoms with Crippen molar-refractivity contribution in [3.63, 3.8) is 0 Å². The van der Waals surface area contributed by atoms with Gasteiger partial charge in [-0.3, -0.25) is 9.89 Å². The molecule has 1 aromatic carbocycles. The molecule has 1 heterocycles. The van der Waals surface area contributed by atoms with Gasteiger partial charge in [-0.15, -0.1) is 0 Å². The molecular weight excluding hydrogens is 291 g/mol. The molecule has 2 aromatic rings. The third-order valence-corrected chi connectivity index (χ3v) is 3.08. The Morgan fingerprint density at radius 2 is 2.05 bits per heavy atom. The summed E-state index contributed by atoms with van der Waals surface area (Å²) in [6, 6.07) is 4.44. The summed E-state index contributed by atoms with van der Waals surface area (Å²) in [5.74, 6) is 0. The van der Waals surface area contributed by atoms with E-state index < -0.39 is 17.3 Å². The second kappa shape index (κ2) is 5.12. The number of H-pyrrole nitrogens is 1. The number of rotatable bonds is 2. The van der Waals surface area contributed by atoms with Crippen molar-refractivity contribution in [2.24, 2.45) is 0 Å². The Bertz CT molecular complexity index is 749. The first-order chi connectivity index (χ1) is 9.34. The summed E-state index contributed by atoms with van der Waals surface area (Å²) in [4.78, 5) is 12.0. The topological polar surface area (TPSA) is 49.8 Å². The third-order valence-electron chi connectivity index (χ3n) is 2.68. The zero-order valence-electron chi connectivity index (χ0n) is 10.3. The lowest BCUT2D eigenvalue weighted by molar-refractivity contribution is -0.137. The van der Waals surface area contributed by atoms with Crippen molar-refractivity contribution in [3.8, 4) is 5.69 Å². The van der Waals surface area contributed by atoms with E-state index in [0.29, 0.717) is 5.69 Å². The van der Waals surface area contributed by atoms with Crippen LogP contribution in [0.2, 0.25) is 0 Å². The van der Waals surface area contributed by atoms with Gasteiger partial charge in [0, 0.05) is 13.2 Å². The van der Waals surface area contributed by atoms with Gasteiger partial charge in [0.2, 0.25) is 0 Å². The summed E-state index contributed by atoms with van der Waals surface area (Å²) in [5.41, 5.74) is -0.947. The quantitative estimate of drug-likeness (QED) is 0.839. The number of anilines is 1. The van der Waals surface area contributed by atoms with E-state index in [0.717, 1.165) is 16.8 Å². The smallest absolute Gasteiger partial charge is 0.386 e. The maximum atomic E-state index is 12.7. The average molecular weight is 301 g/mol. The average Bonchev–Trinajstić information content (AvgIpc) is 2.41. The minimum Gasteiger partial charge on any atom is -0.386 e. The minimum absolute atomic E-state index is 0.00339. The molecule has 0 saturated heterocycles. The fourth-order valence-electron chi connectivity index (χ4n) is 1.67. The van der Waals surface area contributed by atoms with Crippen LogP contribution in [-0.2, 0) is 6.18 Å². The highest BCUT2D eigenvalue weighted by molar-refractivity contribution is 7.71. The molecule has 0 aliphatic carbocycles. The molecule has 0 spiro atoms. The van der Waals surface area contributed by atoms with E-state index in [1.807, 2.05) is 0 Å². The first kappa shape index (κ1) is 14.3. The summed E-state index contributed by atoms with van der Waals surface area (Å²) in [6.07, 6.45) is -3.05. The summed E-state index contributed by atoms with van der Waals surface area (Å²) in [6.45, 7) is 0. The van der Waals surface area contributed by atoms with Crippen molar-refractivity contribution >= 4 is 17.9 Å². The van der Waals surface area contributed by atoms with E-state index in [1.54, 1.807) is 7.05 Å². The van der Waals surface area contributed by atoms with E-state index in [2.05, 4.69) is 10.4 Å². The van der Waals surface area contributed by atoms with Crippen LogP contribution in [0, 0.1) is 4.51 Å². The molecule has 2 N–H and O–H groups in total. The minimum atomic E-state index is -4.47. The number of alkyl halides is 3. The predicted molar refractivity (Wildman–Crippen MR) is 71.8 cm³/mol. The van der Waals surface area contributed by atoms with Crippen LogP contribution in [0.25, 0.3) is 5.69 Å². The number of hydrogen-bond donors (Lipinski definition) is 2. The highest BCUT2D eigenvalue weighted by Gasteiger charge is 2.30. The fourth-order valence-corrected chi connectivity index (χ4v) is 1.92. The van der Waals surface area contributed by atoms with E-state index in [9.17, 15) is 18.0 Å². The Morgan fingerprint density at radius 1 is 1.35 bits per heavy atom. The first-order valence-corrected chi connectivity index (χ1v) is 5.95. The molecule has 0 fully saturated rings. The SMILES string of the molecule is CNc1c[nH]n(-c2cccc(C(F)(F)F)c2)c(=O)c1=S. The van der Waals surface area contributed by atoms with Gasteiger partial charge in [-0.2, -0.15) is 13.2 Å². The van der Waals surface area contributed by atoms with Crippen LogP contribution in [-0.4, -0.2) is 16.8 Å². The van der Waals surface area contributed by atoms with Crippen LogP contribution in [0.3, 0.4) is 0 Å². The van der Waals surface area contributed by atoms with E-state index in [4.69, 9.17) is 12.2 Å². The number of nitrogens with one attached hydrogen (secondary N) is 2. The Hall–Kier alpha value is -2.09. The van der Waals surface area contributed by atoms with E-state index in [-0.39, 0.29) is 10.2 Å². The normalized spacial score (nSPS) is 11.4. The second-order valence-electron chi connectivity index (χ2n) is 3.95. The van der Waals surface area contributed by atoms with Gasteiger partial charge in [0.05, 0.1) is 16.9 Å². The van der Waals surface area contributed by atoms with Gasteiger partial charge in [-0.25, -0.2) is 4.68 Å². The fraction of sp³-hybridized carbons (Fsp3) is 0.167. The van der Waals surface area contributed by atoms with Crippen molar-refractivity contribution in [1.29, 1.82) is 0 Å². The van der Waals surface area contributed by atoms with Crippen LogP contribution in [0.1, 0.15) is 5.56 Å². The number of benzene rings is 1. The van der Waals surface area contributed by atoms with Crippen molar-refractivity contribution in [1.82, 2.24) is 9.78 Å². The van der Waals surface area contributed by atoms with Crippen LogP contribution >= 0.6 is 12.2 Å². The molecular formula is C12H10F3N3OS. The van der Waals surface area contributed by atoms with Gasteiger partial charge in [0.25, 0.3) is 5.56 Å². The maximum Gasteiger partial charge on any atom is 0.416 e. The standard InChI is InChI=1S/C12H10F3N3OS/c1-16-9-6-17-18(11(19)10(9)20)8-4-2-3-7(5-8)12(13,14)15/h2-6,16-17H,1H3. The molecule has 8 heteroatoms. The summed E-state index contributed by atoms with van der Waals surface area (Å²) in [5, 5.41) is 5.32. The Labute approximate surface area is 116 Å². The van der Waals surface area contributed by atoms with Crippen molar-refractivity contribution in [3.05, 3.63) is 50.9 Å². The Balaban J connectivity index is 2.62. The molecule has 0 bridgehead atoms. The van der Waals surface area contributed by atoms with Crippen LogP contribution < -0.4 is 10.9 Å². The maximum absolute atomic E-state index is 12.7. The van der Waals surface area contributed by atoms with E-state index >= 15 is 0 Å². The first-order valence-electron chi connectivity index (χ1n) is 5.54. The number of halogens is 3. The molecule has 4 nitrogen and oxygen atoms in total. The molecule has 1 aromatic heterocycles. The number of aromatic nitrogens is 2. The lowest BCUT2D eigenvalue weighted by Crippen LogP contribution is -2.22. The summed E-state index contributed by atoms with van der Waals surface area (Å²) in [7, 11) is 1.59. The number of aromatic amines is 1. The molecule has 2 rings (SSSR count). The van der Waals surface area contributed by atoms with Gasteiger partial charge in [0.15, 0.2) is 0 Å². The van der Waals surface area contributed by atoms with Crippen molar-refractivity contribution in [2.75, 3.05) is 12.4 Å². The van der Waals surface area contributed by atoms with Crippen LogP contribution in [0.15, 0.2) is 35.3 Å². The molecule has 20 heavy (non-hydrogen) atoms. The monoisotopic (exact) mass is 301 g/mol. The van der Waals surface area contributed by atoms with Crippen molar-refractivity contribution < 1.29 is 13.2 Å². The molecule has 0 unspecified atom stereocenters. The van der Waals surface area contributed by atoms with Crippen LogP contribution in [0.5, 0.6) is 0 Å². The lowest BCUT2D eigenvalue weighted by Gasteiger charge is -2.11. The van der Waals surface area contributed by atoms with Gasteiger partial charge >= 0.3 is 6.18 Å². The second-order valence-corrected chi connectivity index (χ2v) is 4.36. The van der Waals surface area contributed by atoms with Gasteiger partial charge < -0.3 is 5.32 Å². The number of hydrogen-bond acceptors (Lipinski definition) is 3. The molecule has 0 radical (unpaired) electrons. The highest BCUT2D eigenvalue weighted by atomic mass is 32.1. The van der Waals surface area contributed by atoms with Crippen molar-refractivity contribution in [2.45, 2.75) is 6.18 Å². The Morgan fingerprint density at radius 3 is 2.65 bits per heavy atom. The molecule has 0 aliphatic rings. The molecule has 0 amide bonds. The molecule has 0 saturated carbocycles. The van der Waals surface area contributed by atoms with E-state index in [1.165, 1.54) is 18.3 Å². The van der Waals surface area contributed by atoms with Gasteiger partial charge in [0.1, 0.15) is 4.51 Å². The van der Waals surface area contributed by atoms with Crippen LogP contribution in [0.4, 0.5) is 18.9 Å². The third kappa shape index (κ3) is 2.60. The lowest BCUT2D eigenvalue weighted by atomic mass is 10.2. The van der Waals surface area contributed by atoms with Gasteiger partial charge in [-0.1, -0.05) is 18.3 Å². The highest BCUT2D eigenvalue weighted by Crippen LogP contribution is 2.29.